The average Bonchev–Trinajstić information content (AvgIpc) is 2.78. The molecule has 0 aliphatic heterocycles. The molecule has 1 aliphatic rings. The Balaban J connectivity index is 2.11. The summed E-state index contributed by atoms with van der Waals surface area (Å²) in [6, 6.07) is 0. The fraction of sp³-hybridized carbons (Fsp3) is 0.750. The second kappa shape index (κ2) is 6.47. The fourth-order valence-corrected chi connectivity index (χ4v) is 4.61. The van der Waals surface area contributed by atoms with E-state index in [2.05, 4.69) is 9.69 Å². The first-order chi connectivity index (χ1) is 9.82. The van der Waals surface area contributed by atoms with Gasteiger partial charge in [-0.05, 0) is 36.7 Å². The molecule has 1 saturated carbocycles. The van der Waals surface area contributed by atoms with Gasteiger partial charge in [-0.25, -0.2) is 12.7 Å². The molecule has 1 aromatic heterocycles. The van der Waals surface area contributed by atoms with Crippen LogP contribution in [-0.2, 0) is 10.0 Å². The van der Waals surface area contributed by atoms with E-state index in [1.807, 2.05) is 0 Å². The lowest BCUT2D eigenvalue weighted by Gasteiger charge is -2.26. The number of aliphatic hydroxyl groups excluding tert-OH is 1. The second-order valence-electron chi connectivity index (χ2n) is 5.58. The quantitative estimate of drug-likeness (QED) is 0.739. The third kappa shape index (κ3) is 3.65. The van der Waals surface area contributed by atoms with E-state index in [0.717, 1.165) is 41.5 Å². The molecule has 0 saturated heterocycles. The maximum absolute atomic E-state index is 12.3. The number of nitrogens with two attached hydrogens (primary N) is 1. The maximum Gasteiger partial charge on any atom is 0.249 e. The molecule has 1 fully saturated rings. The Hall–Kier alpha value is -0.900. The molecule has 2 rings (SSSR count). The van der Waals surface area contributed by atoms with Gasteiger partial charge in [0.2, 0.25) is 10.0 Å². The highest BCUT2D eigenvalue weighted by molar-refractivity contribution is 7.89. The summed E-state index contributed by atoms with van der Waals surface area (Å²) in [5, 5.41) is 13.3. The van der Waals surface area contributed by atoms with E-state index >= 15 is 0 Å². The number of nitrogens with zero attached hydrogens (tertiary/aromatic N) is 2. The standard InChI is InChI=1S/C12H22N4O3S2/c1-16(2)21(18,19)10-11(13)15-20-12(10)14-7-8-4-3-5-9(17)6-8/h8-9,14,17H,3-7H2,1-2H3,(H2,13,15). The first-order valence-corrected chi connectivity index (χ1v) is 9.13. The molecule has 0 radical (unpaired) electrons. The van der Waals surface area contributed by atoms with Crippen LogP contribution in [-0.4, -0.2) is 48.9 Å². The predicted molar refractivity (Wildman–Crippen MR) is 83.9 cm³/mol. The Morgan fingerprint density at radius 3 is 2.81 bits per heavy atom. The van der Waals surface area contributed by atoms with Gasteiger partial charge in [0, 0.05) is 20.6 Å². The predicted octanol–water partition coefficient (Wildman–Crippen LogP) is 0.939. The van der Waals surface area contributed by atoms with Gasteiger partial charge in [-0.2, -0.15) is 4.37 Å². The fourth-order valence-electron chi connectivity index (χ4n) is 2.52. The minimum Gasteiger partial charge on any atom is -0.393 e. The molecule has 1 aliphatic carbocycles. The molecule has 4 N–H and O–H groups in total. The van der Waals surface area contributed by atoms with Crippen molar-refractivity contribution >= 4 is 32.4 Å². The lowest BCUT2D eigenvalue weighted by molar-refractivity contribution is 0.105. The van der Waals surface area contributed by atoms with E-state index in [0.29, 0.717) is 17.5 Å². The van der Waals surface area contributed by atoms with Crippen molar-refractivity contribution < 1.29 is 13.5 Å². The molecular formula is C12H22N4O3S2. The summed E-state index contributed by atoms with van der Waals surface area (Å²) in [6.07, 6.45) is 3.39. The molecule has 2 atom stereocenters. The van der Waals surface area contributed by atoms with Gasteiger partial charge in [0.05, 0.1) is 6.10 Å². The maximum atomic E-state index is 12.3. The van der Waals surface area contributed by atoms with Gasteiger partial charge in [-0.15, -0.1) is 0 Å². The number of aliphatic hydroxyl groups is 1. The van der Waals surface area contributed by atoms with E-state index in [1.165, 1.54) is 14.1 Å². The van der Waals surface area contributed by atoms with Crippen LogP contribution in [0.5, 0.6) is 0 Å². The van der Waals surface area contributed by atoms with Crippen molar-refractivity contribution in [2.75, 3.05) is 31.7 Å². The normalized spacial score (nSPS) is 23.4. The molecule has 120 valence electrons. The molecule has 1 heterocycles. The molecule has 9 heteroatoms. The SMILES string of the molecule is CN(C)S(=O)(=O)c1c(N)nsc1NCC1CCCC(O)C1. The number of hydrogen-bond acceptors (Lipinski definition) is 7. The Bertz CT molecular complexity index is 585. The number of nitrogen functional groups attached to an aromatic ring is 1. The molecule has 7 nitrogen and oxygen atoms in total. The first kappa shape index (κ1) is 16.5. The zero-order valence-corrected chi connectivity index (χ0v) is 13.9. The van der Waals surface area contributed by atoms with Crippen molar-refractivity contribution in [2.24, 2.45) is 5.92 Å². The summed E-state index contributed by atoms with van der Waals surface area (Å²) in [7, 11) is -0.682. The Morgan fingerprint density at radius 1 is 1.48 bits per heavy atom. The van der Waals surface area contributed by atoms with Crippen LogP contribution in [0, 0.1) is 5.92 Å². The summed E-state index contributed by atoms with van der Waals surface area (Å²) in [6.45, 7) is 0.620. The number of aromatic nitrogens is 1. The third-order valence-corrected chi connectivity index (χ3v) is 6.56. The number of hydrogen-bond donors (Lipinski definition) is 3. The molecule has 1 aromatic rings. The largest absolute Gasteiger partial charge is 0.393 e. The van der Waals surface area contributed by atoms with Crippen LogP contribution < -0.4 is 11.1 Å². The van der Waals surface area contributed by atoms with Crippen LogP contribution in [0.15, 0.2) is 4.90 Å². The minimum atomic E-state index is -3.61. The van der Waals surface area contributed by atoms with E-state index in [4.69, 9.17) is 5.73 Å². The Labute approximate surface area is 129 Å². The minimum absolute atomic E-state index is 0.0277. The van der Waals surface area contributed by atoms with Crippen molar-refractivity contribution in [1.82, 2.24) is 8.68 Å². The summed E-state index contributed by atoms with van der Waals surface area (Å²) in [4.78, 5) is 0.0499. The van der Waals surface area contributed by atoms with Crippen molar-refractivity contribution in [1.29, 1.82) is 0 Å². The summed E-state index contributed by atoms with van der Waals surface area (Å²) < 4.78 is 29.6. The van der Waals surface area contributed by atoms with Gasteiger partial charge in [0.25, 0.3) is 0 Å². The number of sulfonamides is 1. The van der Waals surface area contributed by atoms with Gasteiger partial charge in [0.1, 0.15) is 5.00 Å². The van der Waals surface area contributed by atoms with E-state index in [9.17, 15) is 13.5 Å². The van der Waals surface area contributed by atoms with Crippen molar-refractivity contribution in [3.63, 3.8) is 0 Å². The highest BCUT2D eigenvalue weighted by Crippen LogP contribution is 2.34. The average molecular weight is 334 g/mol. The van der Waals surface area contributed by atoms with Gasteiger partial charge in [-0.3, -0.25) is 0 Å². The lowest BCUT2D eigenvalue weighted by Crippen LogP contribution is -2.26. The number of rotatable bonds is 5. The summed E-state index contributed by atoms with van der Waals surface area (Å²) in [5.74, 6) is 0.367. The number of anilines is 2. The van der Waals surface area contributed by atoms with Crippen LogP contribution in [0.2, 0.25) is 0 Å². The molecule has 0 aromatic carbocycles. The van der Waals surface area contributed by atoms with Crippen LogP contribution in [0.1, 0.15) is 25.7 Å². The highest BCUT2D eigenvalue weighted by Gasteiger charge is 2.28. The van der Waals surface area contributed by atoms with E-state index in [1.54, 1.807) is 0 Å². The van der Waals surface area contributed by atoms with E-state index in [-0.39, 0.29) is 16.8 Å². The molecular weight excluding hydrogens is 312 g/mol. The topological polar surface area (TPSA) is 109 Å². The van der Waals surface area contributed by atoms with Crippen LogP contribution in [0.4, 0.5) is 10.8 Å². The van der Waals surface area contributed by atoms with Crippen molar-refractivity contribution in [3.05, 3.63) is 0 Å². The number of nitrogens with one attached hydrogen (secondary N) is 1. The molecule has 2 unspecified atom stereocenters. The molecule has 0 bridgehead atoms. The van der Waals surface area contributed by atoms with Gasteiger partial charge < -0.3 is 16.2 Å². The van der Waals surface area contributed by atoms with Crippen LogP contribution in [0.3, 0.4) is 0 Å². The zero-order valence-electron chi connectivity index (χ0n) is 12.2. The molecule has 0 amide bonds. The Kier molecular flexibility index (Phi) is 5.07. The van der Waals surface area contributed by atoms with Crippen molar-refractivity contribution in [3.8, 4) is 0 Å². The van der Waals surface area contributed by atoms with Gasteiger partial charge >= 0.3 is 0 Å². The zero-order chi connectivity index (χ0) is 15.6. The summed E-state index contributed by atoms with van der Waals surface area (Å²) >= 11 is 1.06. The van der Waals surface area contributed by atoms with Crippen molar-refractivity contribution in [2.45, 2.75) is 36.7 Å². The second-order valence-corrected chi connectivity index (χ2v) is 8.44. The highest BCUT2D eigenvalue weighted by atomic mass is 32.2. The first-order valence-electron chi connectivity index (χ1n) is 6.92. The monoisotopic (exact) mass is 334 g/mol. The third-order valence-electron chi connectivity index (χ3n) is 3.72. The Morgan fingerprint density at radius 2 is 2.19 bits per heavy atom. The summed E-state index contributed by atoms with van der Waals surface area (Å²) in [5.41, 5.74) is 5.71. The van der Waals surface area contributed by atoms with Crippen LogP contribution in [0.25, 0.3) is 0 Å². The van der Waals surface area contributed by atoms with Crippen LogP contribution >= 0.6 is 11.5 Å². The van der Waals surface area contributed by atoms with Gasteiger partial charge in [-0.1, -0.05) is 6.42 Å². The molecule has 0 spiro atoms. The smallest absolute Gasteiger partial charge is 0.249 e. The molecule has 21 heavy (non-hydrogen) atoms. The van der Waals surface area contributed by atoms with E-state index < -0.39 is 10.0 Å². The lowest BCUT2D eigenvalue weighted by atomic mass is 9.87. The van der Waals surface area contributed by atoms with Gasteiger partial charge in [0.15, 0.2) is 10.7 Å².